The molecule has 0 amide bonds. The van der Waals surface area contributed by atoms with Crippen LogP contribution >= 0.6 is 12.6 Å². The summed E-state index contributed by atoms with van der Waals surface area (Å²) in [6.45, 7) is 1.39. The van der Waals surface area contributed by atoms with E-state index in [1.807, 2.05) is 42.5 Å². The fraction of sp³-hybridized carbons (Fsp3) is 0.176. The third-order valence-electron chi connectivity index (χ3n) is 2.69. The van der Waals surface area contributed by atoms with Gasteiger partial charge in [0.15, 0.2) is 5.12 Å². The van der Waals surface area contributed by atoms with Crippen molar-refractivity contribution < 1.29 is 14.7 Å². The van der Waals surface area contributed by atoms with Gasteiger partial charge in [-0.3, -0.25) is 9.59 Å². The van der Waals surface area contributed by atoms with Crippen molar-refractivity contribution in [3.05, 3.63) is 60.2 Å². The largest absolute Gasteiger partial charge is 0.481 e. The van der Waals surface area contributed by atoms with Crippen molar-refractivity contribution in [2.24, 2.45) is 0 Å². The van der Waals surface area contributed by atoms with E-state index in [1.165, 1.54) is 12.5 Å². The van der Waals surface area contributed by atoms with Crippen LogP contribution in [0.3, 0.4) is 0 Å². The van der Waals surface area contributed by atoms with Crippen LogP contribution in [0, 0.1) is 0 Å². The van der Waals surface area contributed by atoms with E-state index in [0.29, 0.717) is 6.42 Å². The summed E-state index contributed by atoms with van der Waals surface area (Å²) in [5.74, 6) is -0.753. The van der Waals surface area contributed by atoms with E-state index in [9.17, 15) is 9.59 Å². The number of benzene rings is 2. The van der Waals surface area contributed by atoms with Gasteiger partial charge < -0.3 is 5.11 Å². The van der Waals surface area contributed by atoms with Gasteiger partial charge in [-0.15, -0.1) is 12.6 Å². The summed E-state index contributed by atoms with van der Waals surface area (Å²) in [5, 5.41) is 8.47. The Morgan fingerprint density at radius 3 is 1.90 bits per heavy atom. The van der Waals surface area contributed by atoms with Gasteiger partial charge in [-0.25, -0.2) is 0 Å². The molecule has 1 N–H and O–H groups in total. The molecule has 21 heavy (non-hydrogen) atoms. The number of aryl methyl sites for hydroxylation is 1. The zero-order chi connectivity index (χ0) is 15.7. The predicted octanol–water partition coefficient (Wildman–Crippen LogP) is 3.83. The molecule has 2 aromatic carbocycles. The number of carbonyl (C=O) groups excluding carboxylic acids is 1. The van der Waals surface area contributed by atoms with Crippen molar-refractivity contribution in [1.29, 1.82) is 0 Å². The van der Waals surface area contributed by atoms with Crippen LogP contribution in [0.2, 0.25) is 0 Å². The fourth-order valence-electron chi connectivity index (χ4n) is 1.75. The highest BCUT2D eigenvalue weighted by Gasteiger charge is 2.00. The van der Waals surface area contributed by atoms with Gasteiger partial charge in [-0.2, -0.15) is 0 Å². The number of rotatable bonds is 4. The average molecular weight is 302 g/mol. The minimum Gasteiger partial charge on any atom is -0.481 e. The number of carboxylic acid groups (broad SMARTS) is 1. The zero-order valence-electron chi connectivity index (χ0n) is 11.8. The molecular weight excluding hydrogens is 284 g/mol. The molecule has 0 aromatic heterocycles. The summed E-state index contributed by atoms with van der Waals surface area (Å²) in [4.78, 5) is 19.8. The Bertz CT molecular complexity index is 573. The number of hydrogen-bond donors (Lipinski definition) is 2. The van der Waals surface area contributed by atoms with Gasteiger partial charge in [0.05, 0.1) is 0 Å². The summed E-state index contributed by atoms with van der Waals surface area (Å²) >= 11 is 3.33. The molecule has 2 aromatic rings. The Kier molecular flexibility index (Phi) is 7.26. The van der Waals surface area contributed by atoms with Gasteiger partial charge in [-0.1, -0.05) is 54.6 Å². The smallest absolute Gasteiger partial charge is 0.303 e. The highest BCUT2D eigenvalue weighted by atomic mass is 32.1. The molecule has 2 rings (SSSR count). The molecule has 110 valence electrons. The van der Waals surface area contributed by atoms with Crippen LogP contribution in [0.1, 0.15) is 18.9 Å². The van der Waals surface area contributed by atoms with Gasteiger partial charge in [-0.05, 0) is 23.1 Å². The van der Waals surface area contributed by atoms with E-state index in [0.717, 1.165) is 11.1 Å². The first kappa shape index (κ1) is 17.0. The number of hydrogen-bond acceptors (Lipinski definition) is 2. The minimum atomic E-state index is -0.753. The molecule has 4 heteroatoms. The van der Waals surface area contributed by atoms with Gasteiger partial charge >= 0.3 is 5.97 Å². The molecule has 0 saturated carbocycles. The molecule has 0 heterocycles. The van der Waals surface area contributed by atoms with Crippen LogP contribution in [0.15, 0.2) is 54.6 Å². The first-order valence-electron chi connectivity index (χ1n) is 6.54. The first-order chi connectivity index (χ1) is 9.99. The quantitative estimate of drug-likeness (QED) is 0.844. The van der Waals surface area contributed by atoms with Crippen LogP contribution in [0.5, 0.6) is 0 Å². The van der Waals surface area contributed by atoms with Crippen molar-refractivity contribution in [3.8, 4) is 11.1 Å². The molecular formula is C17H18O3S. The van der Waals surface area contributed by atoms with E-state index in [1.54, 1.807) is 0 Å². The predicted molar refractivity (Wildman–Crippen MR) is 87.5 cm³/mol. The van der Waals surface area contributed by atoms with E-state index in [2.05, 4.69) is 24.8 Å². The summed E-state index contributed by atoms with van der Waals surface area (Å²) in [7, 11) is 0. The Hall–Kier alpha value is -2.07. The van der Waals surface area contributed by atoms with E-state index in [-0.39, 0.29) is 11.5 Å². The Morgan fingerprint density at radius 2 is 1.43 bits per heavy atom. The van der Waals surface area contributed by atoms with E-state index < -0.39 is 5.97 Å². The third-order valence-corrected chi connectivity index (χ3v) is 2.69. The second kappa shape index (κ2) is 8.97. The van der Waals surface area contributed by atoms with Crippen molar-refractivity contribution >= 4 is 23.7 Å². The topological polar surface area (TPSA) is 54.4 Å². The monoisotopic (exact) mass is 302 g/mol. The molecule has 3 nitrogen and oxygen atoms in total. The SMILES string of the molecule is CC(=O)S.O=C(O)CCc1ccc(-c2ccccc2)cc1. The van der Waals surface area contributed by atoms with Gasteiger partial charge in [0, 0.05) is 13.3 Å². The average Bonchev–Trinajstić information content (AvgIpc) is 2.46. The van der Waals surface area contributed by atoms with Crippen LogP contribution in [0.4, 0.5) is 0 Å². The first-order valence-corrected chi connectivity index (χ1v) is 6.99. The molecule has 0 unspecified atom stereocenters. The zero-order valence-corrected chi connectivity index (χ0v) is 12.7. The van der Waals surface area contributed by atoms with Crippen LogP contribution in [-0.2, 0) is 16.0 Å². The third kappa shape index (κ3) is 7.32. The molecule has 0 radical (unpaired) electrons. The lowest BCUT2D eigenvalue weighted by Gasteiger charge is -2.03. The number of thiol groups is 1. The van der Waals surface area contributed by atoms with Crippen LogP contribution < -0.4 is 0 Å². The van der Waals surface area contributed by atoms with Crippen molar-refractivity contribution in [2.45, 2.75) is 19.8 Å². The normalized spacial score (nSPS) is 9.43. The van der Waals surface area contributed by atoms with Gasteiger partial charge in [0.1, 0.15) is 0 Å². The standard InChI is InChI=1S/C15H14O2.C2H4OS/c16-15(17)11-8-12-6-9-14(10-7-12)13-4-2-1-3-5-13;1-2(3)4/h1-7,9-10H,8,11H2,(H,16,17);1H3,(H,3,4). The van der Waals surface area contributed by atoms with Crippen molar-refractivity contribution in [2.75, 3.05) is 0 Å². The number of carbonyl (C=O) groups is 2. The molecule has 0 bridgehead atoms. The number of carboxylic acids is 1. The molecule has 0 aliphatic heterocycles. The lowest BCUT2D eigenvalue weighted by Crippen LogP contribution is -1.97. The second-order valence-electron chi connectivity index (χ2n) is 4.48. The molecule has 0 saturated heterocycles. The second-order valence-corrected chi connectivity index (χ2v) is 5.11. The molecule has 0 aliphatic rings. The highest BCUT2D eigenvalue weighted by Crippen LogP contribution is 2.19. The van der Waals surface area contributed by atoms with Gasteiger partial charge in [0.25, 0.3) is 0 Å². The number of aliphatic carboxylic acids is 1. The fourth-order valence-corrected chi connectivity index (χ4v) is 1.75. The Balaban J connectivity index is 0.000000491. The van der Waals surface area contributed by atoms with Crippen molar-refractivity contribution in [1.82, 2.24) is 0 Å². The Morgan fingerprint density at radius 1 is 0.952 bits per heavy atom. The van der Waals surface area contributed by atoms with Crippen LogP contribution in [0.25, 0.3) is 11.1 Å². The summed E-state index contributed by atoms with van der Waals surface area (Å²) in [6, 6.07) is 18.2. The summed E-state index contributed by atoms with van der Waals surface area (Å²) in [6.07, 6.45) is 0.773. The molecule has 0 atom stereocenters. The lowest BCUT2D eigenvalue weighted by molar-refractivity contribution is -0.137. The lowest BCUT2D eigenvalue weighted by atomic mass is 10.0. The maximum absolute atomic E-state index is 10.5. The summed E-state index contributed by atoms with van der Waals surface area (Å²) < 4.78 is 0. The molecule has 0 spiro atoms. The highest BCUT2D eigenvalue weighted by molar-refractivity contribution is 7.96. The minimum absolute atomic E-state index is 0.139. The van der Waals surface area contributed by atoms with Gasteiger partial charge in [0.2, 0.25) is 0 Å². The van der Waals surface area contributed by atoms with E-state index >= 15 is 0 Å². The molecule has 0 fully saturated rings. The maximum Gasteiger partial charge on any atom is 0.303 e. The van der Waals surface area contributed by atoms with Crippen molar-refractivity contribution in [3.63, 3.8) is 0 Å². The summed E-state index contributed by atoms with van der Waals surface area (Å²) in [5.41, 5.74) is 3.40. The van der Waals surface area contributed by atoms with E-state index in [4.69, 9.17) is 5.11 Å². The molecule has 0 aliphatic carbocycles. The maximum atomic E-state index is 10.5. The Labute approximate surface area is 130 Å². The van der Waals surface area contributed by atoms with Crippen LogP contribution in [-0.4, -0.2) is 16.2 Å².